The summed E-state index contributed by atoms with van der Waals surface area (Å²) in [5.41, 5.74) is 8.06. The summed E-state index contributed by atoms with van der Waals surface area (Å²) in [7, 11) is 0. The fraction of sp³-hybridized carbons (Fsp3) is 0.0667. The van der Waals surface area contributed by atoms with Crippen molar-refractivity contribution in [3.8, 4) is 11.3 Å². The van der Waals surface area contributed by atoms with E-state index in [-0.39, 0.29) is 12.1 Å². The summed E-state index contributed by atoms with van der Waals surface area (Å²) in [6.07, 6.45) is 0. The molecule has 0 atom stereocenters. The van der Waals surface area contributed by atoms with Gasteiger partial charge in [-0.2, -0.15) is 10.0 Å². The van der Waals surface area contributed by atoms with Crippen LogP contribution >= 0.6 is 0 Å². The summed E-state index contributed by atoms with van der Waals surface area (Å²) in [4.78, 5) is 22.4. The second-order valence-electron chi connectivity index (χ2n) is 4.65. The monoisotopic (exact) mass is 280 g/mol. The number of benzene rings is 2. The van der Waals surface area contributed by atoms with Gasteiger partial charge in [0.1, 0.15) is 6.54 Å². The van der Waals surface area contributed by atoms with Crippen LogP contribution in [0.4, 0.5) is 5.69 Å². The van der Waals surface area contributed by atoms with Gasteiger partial charge in [0.05, 0.1) is 11.1 Å². The molecule has 1 aromatic heterocycles. The molecule has 1 heterocycles. The van der Waals surface area contributed by atoms with E-state index in [1.54, 1.807) is 30.3 Å². The first kappa shape index (κ1) is 13.0. The minimum absolute atomic E-state index is 0.00446. The predicted molar refractivity (Wildman–Crippen MR) is 81.7 cm³/mol. The number of aromatic nitrogens is 2. The Labute approximate surface area is 119 Å². The Morgan fingerprint density at radius 2 is 1.90 bits per heavy atom. The Kier molecular flexibility index (Phi) is 3.19. The number of nitrogen functional groups attached to an aromatic ring is 1. The average molecular weight is 280 g/mol. The summed E-state index contributed by atoms with van der Waals surface area (Å²) in [6.45, 7) is -0.00446. The maximum Gasteiger partial charge on any atom is 0.272 e. The topological polar surface area (TPSA) is 101 Å². The Morgan fingerprint density at radius 1 is 1.14 bits per heavy atom. The first-order valence-corrected chi connectivity index (χ1v) is 6.36. The second kappa shape index (κ2) is 5.16. The van der Waals surface area contributed by atoms with E-state index >= 15 is 0 Å². The largest absolute Gasteiger partial charge is 0.399 e. The molecule has 0 bridgehead atoms. The lowest BCUT2D eigenvalue weighted by Gasteiger charge is -2.09. The second-order valence-corrected chi connectivity index (χ2v) is 4.65. The van der Waals surface area contributed by atoms with Crippen molar-refractivity contribution >= 4 is 16.5 Å². The molecule has 0 aliphatic rings. The van der Waals surface area contributed by atoms with E-state index in [4.69, 9.17) is 5.73 Å². The van der Waals surface area contributed by atoms with Gasteiger partial charge in [0.2, 0.25) is 0 Å². The number of nitroso groups, excluding NO2 is 1. The van der Waals surface area contributed by atoms with E-state index in [0.717, 1.165) is 10.9 Å². The number of H-pyrrole nitrogens is 1. The zero-order chi connectivity index (χ0) is 14.8. The number of aromatic amines is 1. The number of nitrogens with one attached hydrogen (secondary N) is 1. The van der Waals surface area contributed by atoms with Gasteiger partial charge in [0.25, 0.3) is 5.56 Å². The summed E-state index contributed by atoms with van der Waals surface area (Å²) in [5, 5.41) is 10.8. The quantitative estimate of drug-likeness (QED) is 0.568. The fourth-order valence-electron chi connectivity index (χ4n) is 2.37. The molecule has 0 aliphatic heterocycles. The van der Waals surface area contributed by atoms with E-state index in [2.05, 4.69) is 15.4 Å². The molecule has 0 saturated heterocycles. The van der Waals surface area contributed by atoms with Crippen molar-refractivity contribution in [2.75, 3.05) is 5.73 Å². The minimum atomic E-state index is -0.250. The fourth-order valence-corrected chi connectivity index (χ4v) is 2.37. The van der Waals surface area contributed by atoms with Crippen molar-refractivity contribution in [2.24, 2.45) is 5.18 Å². The smallest absolute Gasteiger partial charge is 0.272 e. The number of nitrogens with zero attached hydrogens (tertiary/aromatic N) is 2. The van der Waals surface area contributed by atoms with Gasteiger partial charge in [-0.1, -0.05) is 29.4 Å². The van der Waals surface area contributed by atoms with Gasteiger partial charge in [-0.15, -0.1) is 0 Å². The number of nitrogens with two attached hydrogens (primary N) is 1. The van der Waals surface area contributed by atoms with Crippen LogP contribution in [0.1, 0.15) is 5.56 Å². The third-order valence-corrected chi connectivity index (χ3v) is 3.32. The summed E-state index contributed by atoms with van der Waals surface area (Å²) >= 11 is 0. The lowest BCUT2D eigenvalue weighted by molar-refractivity contribution is 1.00. The van der Waals surface area contributed by atoms with Gasteiger partial charge in [0.15, 0.2) is 0 Å². The molecule has 0 amide bonds. The first-order valence-electron chi connectivity index (χ1n) is 6.36. The number of anilines is 1. The standard InChI is InChI=1S/C15H12N4O2/c16-10-5-6-11(9(7-10)8-17-21)14-12-3-1-2-4-13(12)15(20)19-18-14/h1-7H,8,16H2,(H,19,20). The number of hydrogen-bond donors (Lipinski definition) is 2. The Hall–Kier alpha value is -3.02. The maximum absolute atomic E-state index is 11.8. The molecule has 104 valence electrons. The highest BCUT2D eigenvalue weighted by Crippen LogP contribution is 2.29. The Balaban J connectivity index is 2.33. The molecular weight excluding hydrogens is 268 g/mol. The van der Waals surface area contributed by atoms with Crippen LogP contribution in [0.3, 0.4) is 0 Å². The lowest BCUT2D eigenvalue weighted by Crippen LogP contribution is -2.09. The first-order chi connectivity index (χ1) is 10.2. The van der Waals surface area contributed by atoms with Gasteiger partial charge in [-0.3, -0.25) is 4.79 Å². The molecule has 0 fully saturated rings. The maximum atomic E-state index is 11.8. The highest BCUT2D eigenvalue weighted by Gasteiger charge is 2.12. The molecule has 6 heteroatoms. The van der Waals surface area contributed by atoms with Crippen LogP contribution in [0.2, 0.25) is 0 Å². The molecule has 3 rings (SSSR count). The highest BCUT2D eigenvalue weighted by molar-refractivity contribution is 5.94. The van der Waals surface area contributed by atoms with E-state index in [0.29, 0.717) is 22.3 Å². The van der Waals surface area contributed by atoms with Crippen molar-refractivity contribution in [1.29, 1.82) is 0 Å². The van der Waals surface area contributed by atoms with Gasteiger partial charge in [-0.25, -0.2) is 5.10 Å². The number of fused-ring (bicyclic) bond motifs is 1. The van der Waals surface area contributed by atoms with Crippen LogP contribution < -0.4 is 11.3 Å². The average Bonchev–Trinajstić information content (AvgIpc) is 2.49. The number of rotatable bonds is 3. The summed E-state index contributed by atoms with van der Waals surface area (Å²) < 4.78 is 0. The van der Waals surface area contributed by atoms with Gasteiger partial charge in [0, 0.05) is 16.6 Å². The third kappa shape index (κ3) is 2.27. The normalized spacial score (nSPS) is 10.7. The highest BCUT2D eigenvalue weighted by atomic mass is 16.3. The molecule has 0 radical (unpaired) electrons. The molecule has 0 saturated carbocycles. The van der Waals surface area contributed by atoms with Gasteiger partial charge < -0.3 is 5.73 Å². The van der Waals surface area contributed by atoms with E-state index in [1.165, 1.54) is 0 Å². The van der Waals surface area contributed by atoms with Crippen molar-refractivity contribution in [3.63, 3.8) is 0 Å². The Morgan fingerprint density at radius 3 is 2.67 bits per heavy atom. The van der Waals surface area contributed by atoms with Crippen molar-refractivity contribution < 1.29 is 0 Å². The molecule has 21 heavy (non-hydrogen) atoms. The molecule has 3 N–H and O–H groups in total. The van der Waals surface area contributed by atoms with Crippen LogP contribution in [0, 0.1) is 4.91 Å². The van der Waals surface area contributed by atoms with Crippen LogP contribution in [0.15, 0.2) is 52.4 Å². The molecule has 0 spiro atoms. The zero-order valence-electron chi connectivity index (χ0n) is 11.0. The predicted octanol–water partition coefficient (Wildman–Crippen LogP) is 2.44. The van der Waals surface area contributed by atoms with Gasteiger partial charge >= 0.3 is 0 Å². The summed E-state index contributed by atoms with van der Waals surface area (Å²) in [5.74, 6) is 0. The van der Waals surface area contributed by atoms with Gasteiger partial charge in [-0.05, 0) is 23.8 Å². The molecule has 6 nitrogen and oxygen atoms in total. The molecule has 3 aromatic rings. The van der Waals surface area contributed by atoms with E-state index in [9.17, 15) is 9.70 Å². The van der Waals surface area contributed by atoms with Crippen molar-refractivity contribution in [1.82, 2.24) is 10.2 Å². The third-order valence-electron chi connectivity index (χ3n) is 3.32. The van der Waals surface area contributed by atoms with Crippen LogP contribution in [0.25, 0.3) is 22.0 Å². The molecule has 0 unspecified atom stereocenters. The minimum Gasteiger partial charge on any atom is -0.399 e. The molecule has 0 aliphatic carbocycles. The van der Waals surface area contributed by atoms with E-state index < -0.39 is 0 Å². The Bertz CT molecular complexity index is 886. The molecular formula is C15H12N4O2. The SMILES string of the molecule is Nc1ccc(-c2n[nH]c(=O)c3ccccc23)c(CN=O)c1. The van der Waals surface area contributed by atoms with Crippen molar-refractivity contribution in [2.45, 2.75) is 6.54 Å². The van der Waals surface area contributed by atoms with E-state index in [1.807, 2.05) is 12.1 Å². The molecule has 2 aromatic carbocycles. The summed E-state index contributed by atoms with van der Waals surface area (Å²) in [6, 6.07) is 12.4. The number of hydrogen-bond acceptors (Lipinski definition) is 5. The lowest BCUT2D eigenvalue weighted by atomic mass is 9.99. The van der Waals surface area contributed by atoms with Crippen LogP contribution in [0.5, 0.6) is 0 Å². The zero-order valence-corrected chi connectivity index (χ0v) is 11.0. The van der Waals surface area contributed by atoms with Crippen molar-refractivity contribution in [3.05, 3.63) is 63.3 Å². The van der Waals surface area contributed by atoms with Crippen LogP contribution in [-0.4, -0.2) is 10.2 Å². The van der Waals surface area contributed by atoms with Crippen LogP contribution in [-0.2, 0) is 6.54 Å².